The molecule has 0 aliphatic carbocycles. The second-order valence-electron chi connectivity index (χ2n) is 4.06. The molecule has 1 aromatic carbocycles. The van der Waals surface area contributed by atoms with E-state index in [4.69, 9.17) is 15.5 Å². The third kappa shape index (κ3) is 2.27. The number of rotatable bonds is 4. The lowest BCUT2D eigenvalue weighted by atomic mass is 9.63. The van der Waals surface area contributed by atoms with E-state index in [-0.39, 0.29) is 19.6 Å². The number of carboxylic acid groups (broad SMARTS) is 1. The van der Waals surface area contributed by atoms with Crippen LogP contribution in [0.1, 0.15) is 11.7 Å². The molecule has 5 nitrogen and oxygen atoms in total. The van der Waals surface area contributed by atoms with Crippen molar-refractivity contribution in [2.45, 2.75) is 12.9 Å². The van der Waals surface area contributed by atoms with E-state index in [0.717, 1.165) is 16.7 Å². The van der Waals surface area contributed by atoms with E-state index < -0.39 is 5.97 Å². The number of benzene rings is 1. The molecule has 1 aliphatic heterocycles. The van der Waals surface area contributed by atoms with Gasteiger partial charge in [0.15, 0.2) is 0 Å². The zero-order chi connectivity index (χ0) is 12.4. The molecule has 0 spiro atoms. The first-order valence-electron chi connectivity index (χ1n) is 5.57. The molecule has 2 rings (SSSR count). The van der Waals surface area contributed by atoms with Crippen LogP contribution in [-0.2, 0) is 9.45 Å². The Kier molecular flexibility index (Phi) is 3.35. The summed E-state index contributed by atoms with van der Waals surface area (Å²) in [5.41, 5.74) is 8.53. The number of carboxylic acids is 1. The van der Waals surface area contributed by atoms with Gasteiger partial charge in [-0.1, -0.05) is 19.0 Å². The summed E-state index contributed by atoms with van der Waals surface area (Å²) >= 11 is 0. The van der Waals surface area contributed by atoms with Gasteiger partial charge in [-0.25, -0.2) is 0 Å². The predicted molar refractivity (Wildman–Crippen MR) is 66.7 cm³/mol. The summed E-state index contributed by atoms with van der Waals surface area (Å²) in [4.78, 5) is 10.6. The minimum absolute atomic E-state index is 0.0592. The summed E-state index contributed by atoms with van der Waals surface area (Å²) in [6.45, 7) is 2.22. The third-order valence-electron chi connectivity index (χ3n) is 2.91. The van der Waals surface area contributed by atoms with E-state index in [0.29, 0.717) is 6.54 Å². The molecule has 1 atom stereocenters. The Hall–Kier alpha value is -1.53. The van der Waals surface area contributed by atoms with Crippen molar-refractivity contribution < 1.29 is 14.6 Å². The summed E-state index contributed by atoms with van der Waals surface area (Å²) < 4.78 is 5.72. The number of hydrogen-bond acceptors (Lipinski definition) is 4. The first-order valence-corrected chi connectivity index (χ1v) is 5.57. The first-order chi connectivity index (χ1) is 8.13. The summed E-state index contributed by atoms with van der Waals surface area (Å²) in [6.07, 6.45) is -0.0911. The highest BCUT2D eigenvalue weighted by Gasteiger charge is 2.32. The maximum Gasteiger partial charge on any atom is 0.326 e. The third-order valence-corrected chi connectivity index (χ3v) is 2.91. The van der Waals surface area contributed by atoms with Crippen molar-refractivity contribution in [1.29, 1.82) is 0 Å². The summed E-state index contributed by atoms with van der Waals surface area (Å²) in [5.74, 6) is -0.885. The fraction of sp³-hybridized carbons (Fsp3) is 0.364. The Morgan fingerprint density at radius 1 is 1.65 bits per heavy atom. The van der Waals surface area contributed by atoms with Crippen LogP contribution in [0.3, 0.4) is 0 Å². The van der Waals surface area contributed by atoms with Crippen LogP contribution in [0.4, 0.5) is 5.69 Å². The maximum atomic E-state index is 10.6. The van der Waals surface area contributed by atoms with Gasteiger partial charge in [0, 0.05) is 12.2 Å². The highest BCUT2D eigenvalue weighted by molar-refractivity contribution is 6.69. The molecule has 4 N–H and O–H groups in total. The molecular formula is C11H15BN2O3. The zero-order valence-corrected chi connectivity index (χ0v) is 9.64. The molecule has 0 saturated carbocycles. The lowest BCUT2D eigenvalue weighted by molar-refractivity contribution is -0.134. The van der Waals surface area contributed by atoms with Gasteiger partial charge in [0.05, 0.1) is 6.10 Å². The quantitative estimate of drug-likeness (QED) is 0.640. The Morgan fingerprint density at radius 3 is 3.06 bits per heavy atom. The van der Waals surface area contributed by atoms with E-state index in [9.17, 15) is 4.79 Å². The summed E-state index contributed by atoms with van der Waals surface area (Å²) in [6, 6.07) is 5.72. The van der Waals surface area contributed by atoms with E-state index in [1.54, 1.807) is 0 Å². The molecule has 0 amide bonds. The molecule has 1 aromatic rings. The number of anilines is 1. The fourth-order valence-electron chi connectivity index (χ4n) is 2.21. The van der Waals surface area contributed by atoms with Gasteiger partial charge in [-0.05, 0) is 17.1 Å². The monoisotopic (exact) mass is 234 g/mol. The van der Waals surface area contributed by atoms with Crippen molar-refractivity contribution in [3.63, 3.8) is 0 Å². The van der Waals surface area contributed by atoms with Gasteiger partial charge < -0.3 is 20.8 Å². The van der Waals surface area contributed by atoms with Crippen molar-refractivity contribution in [2.24, 2.45) is 5.73 Å². The van der Waals surface area contributed by atoms with Crippen molar-refractivity contribution in [3.05, 3.63) is 23.8 Å². The van der Waals surface area contributed by atoms with Crippen LogP contribution < -0.4 is 16.5 Å². The lowest BCUT2D eigenvalue weighted by Gasteiger charge is -2.11. The molecule has 0 saturated heterocycles. The molecule has 1 unspecified atom stereocenters. The Bertz CT molecular complexity index is 439. The Labute approximate surface area is 100 Å². The molecule has 17 heavy (non-hydrogen) atoms. The minimum Gasteiger partial charge on any atom is -0.480 e. The fourth-order valence-corrected chi connectivity index (χ4v) is 2.21. The smallest absolute Gasteiger partial charge is 0.326 e. The van der Waals surface area contributed by atoms with Crippen LogP contribution in [0.2, 0.25) is 6.82 Å². The summed E-state index contributed by atoms with van der Waals surface area (Å²) in [5, 5.41) is 11.6. The molecule has 0 bridgehead atoms. The maximum absolute atomic E-state index is 10.6. The molecule has 0 fully saturated rings. The zero-order valence-electron chi connectivity index (χ0n) is 9.64. The molecule has 1 heterocycles. The summed E-state index contributed by atoms with van der Waals surface area (Å²) in [7, 11) is 0. The van der Waals surface area contributed by atoms with Gasteiger partial charge in [0.25, 0.3) is 0 Å². The predicted octanol–water partition coefficient (Wildman–Crippen LogP) is 0.0414. The number of hydrogen-bond donors (Lipinski definition) is 3. The number of fused-ring (bicyclic) bond motifs is 1. The number of nitrogens with two attached hydrogens (primary N) is 1. The van der Waals surface area contributed by atoms with Gasteiger partial charge in [0.2, 0.25) is 0 Å². The standard InChI is InChI=1S/C11H15BN2O3/c1-12-11-7(9(5-13)17-12)3-2-4-8(11)14-6-10(15)16/h2-4,9,14H,5-6,13H2,1H3,(H,15,16). The molecule has 90 valence electrons. The van der Waals surface area contributed by atoms with Crippen LogP contribution >= 0.6 is 0 Å². The molecule has 6 heteroatoms. The Balaban J connectivity index is 2.30. The number of nitrogens with one attached hydrogen (secondary N) is 1. The van der Waals surface area contributed by atoms with Gasteiger partial charge in [-0.3, -0.25) is 4.79 Å². The minimum atomic E-state index is -0.885. The van der Waals surface area contributed by atoms with Crippen LogP contribution in [0.25, 0.3) is 0 Å². The van der Waals surface area contributed by atoms with Crippen LogP contribution in [-0.4, -0.2) is 31.1 Å². The largest absolute Gasteiger partial charge is 0.480 e. The molecule has 0 radical (unpaired) electrons. The van der Waals surface area contributed by atoms with Gasteiger partial charge in [-0.2, -0.15) is 0 Å². The highest BCUT2D eigenvalue weighted by atomic mass is 16.5. The molecular weight excluding hydrogens is 219 g/mol. The normalized spacial score (nSPS) is 18.0. The Morgan fingerprint density at radius 2 is 2.41 bits per heavy atom. The van der Waals surface area contributed by atoms with E-state index >= 15 is 0 Å². The molecule has 0 aromatic heterocycles. The van der Waals surface area contributed by atoms with Crippen molar-refractivity contribution in [3.8, 4) is 0 Å². The topological polar surface area (TPSA) is 84.6 Å². The molecule has 1 aliphatic rings. The van der Waals surface area contributed by atoms with Crippen molar-refractivity contribution in [2.75, 3.05) is 18.4 Å². The van der Waals surface area contributed by atoms with Crippen LogP contribution in [0.15, 0.2) is 18.2 Å². The van der Waals surface area contributed by atoms with Gasteiger partial charge in [-0.15, -0.1) is 0 Å². The van der Waals surface area contributed by atoms with Crippen LogP contribution in [0, 0.1) is 0 Å². The van der Waals surface area contributed by atoms with E-state index in [2.05, 4.69) is 5.32 Å². The lowest BCUT2D eigenvalue weighted by Crippen LogP contribution is -2.29. The second kappa shape index (κ2) is 4.77. The average molecular weight is 234 g/mol. The van der Waals surface area contributed by atoms with Crippen molar-refractivity contribution in [1.82, 2.24) is 0 Å². The van der Waals surface area contributed by atoms with E-state index in [1.807, 2.05) is 25.0 Å². The van der Waals surface area contributed by atoms with Crippen LogP contribution in [0.5, 0.6) is 0 Å². The second-order valence-corrected chi connectivity index (χ2v) is 4.06. The SMILES string of the molecule is CB1OC(CN)c2cccc(NCC(=O)O)c21. The first kappa shape index (κ1) is 11.9. The van der Waals surface area contributed by atoms with Gasteiger partial charge in [0.1, 0.15) is 6.54 Å². The van der Waals surface area contributed by atoms with Gasteiger partial charge >= 0.3 is 12.9 Å². The number of carbonyl (C=O) groups is 1. The highest BCUT2D eigenvalue weighted by Crippen LogP contribution is 2.26. The van der Waals surface area contributed by atoms with E-state index in [1.165, 1.54) is 0 Å². The number of aliphatic carboxylic acids is 1. The van der Waals surface area contributed by atoms with Crippen molar-refractivity contribution >= 4 is 24.0 Å². The average Bonchev–Trinajstić information content (AvgIpc) is 2.64.